The molecule has 3 heteroatoms. The predicted molar refractivity (Wildman–Crippen MR) is 83.9 cm³/mol. The maximum Gasteiger partial charge on any atom is 0.122 e. The molecule has 2 heterocycles. The van der Waals surface area contributed by atoms with E-state index in [2.05, 4.69) is 37.1 Å². The number of piperidine rings is 1. The van der Waals surface area contributed by atoms with Crippen molar-refractivity contribution >= 4 is 0 Å². The zero-order valence-corrected chi connectivity index (χ0v) is 13.3. The number of likely N-dealkylation sites (tertiary alicyclic amines) is 1. The Morgan fingerprint density at radius 1 is 1.30 bits per heavy atom. The fourth-order valence-corrected chi connectivity index (χ4v) is 3.39. The molecule has 1 N–H and O–H groups in total. The van der Waals surface area contributed by atoms with E-state index in [4.69, 9.17) is 4.42 Å². The van der Waals surface area contributed by atoms with Crippen molar-refractivity contribution in [2.45, 2.75) is 64.5 Å². The molecular weight excluding hydrogens is 248 g/mol. The minimum atomic E-state index is 0.132. The summed E-state index contributed by atoms with van der Waals surface area (Å²) in [6.45, 7) is 10.4. The molecule has 0 aliphatic carbocycles. The largest absolute Gasteiger partial charge is 0.468 e. The van der Waals surface area contributed by atoms with E-state index >= 15 is 0 Å². The Hall–Kier alpha value is -0.800. The topological polar surface area (TPSA) is 28.4 Å². The second kappa shape index (κ2) is 7.28. The van der Waals surface area contributed by atoms with E-state index in [9.17, 15) is 0 Å². The number of nitrogens with one attached hydrogen (secondary N) is 1. The molecule has 2 unspecified atom stereocenters. The standard InChI is InChI=1S/C17H30N2O/c1-4-11-18-16(15-10-9-14-20-15)17(3,5-2)19-12-7-6-8-13-19/h9-10,14,16,18H,4-8,11-13H2,1-3H3. The molecule has 1 aromatic rings. The molecule has 0 saturated carbocycles. The van der Waals surface area contributed by atoms with Crippen molar-refractivity contribution in [1.82, 2.24) is 10.2 Å². The van der Waals surface area contributed by atoms with Crippen molar-refractivity contribution in [3.8, 4) is 0 Å². The second-order valence-corrected chi connectivity index (χ2v) is 6.16. The summed E-state index contributed by atoms with van der Waals surface area (Å²) in [7, 11) is 0. The number of rotatable bonds is 7. The van der Waals surface area contributed by atoms with Gasteiger partial charge in [0, 0.05) is 5.54 Å². The van der Waals surface area contributed by atoms with E-state index in [-0.39, 0.29) is 11.6 Å². The molecule has 20 heavy (non-hydrogen) atoms. The number of furan rings is 1. The van der Waals surface area contributed by atoms with Crippen LogP contribution >= 0.6 is 0 Å². The van der Waals surface area contributed by atoms with Gasteiger partial charge in [0.1, 0.15) is 5.76 Å². The molecule has 2 rings (SSSR count). The second-order valence-electron chi connectivity index (χ2n) is 6.16. The van der Waals surface area contributed by atoms with Crippen LogP contribution in [0.1, 0.15) is 64.7 Å². The predicted octanol–water partition coefficient (Wildman–Crippen LogP) is 3.97. The van der Waals surface area contributed by atoms with Crippen molar-refractivity contribution in [3.63, 3.8) is 0 Å². The van der Waals surface area contributed by atoms with E-state index in [0.29, 0.717) is 0 Å². The van der Waals surface area contributed by atoms with Gasteiger partial charge in [0.05, 0.1) is 12.3 Å². The van der Waals surface area contributed by atoms with Crippen molar-refractivity contribution in [3.05, 3.63) is 24.2 Å². The van der Waals surface area contributed by atoms with E-state index in [1.165, 1.54) is 32.4 Å². The zero-order chi connectivity index (χ0) is 14.4. The fraction of sp³-hybridized carbons (Fsp3) is 0.765. The smallest absolute Gasteiger partial charge is 0.122 e. The molecule has 1 aliphatic heterocycles. The quantitative estimate of drug-likeness (QED) is 0.818. The summed E-state index contributed by atoms with van der Waals surface area (Å²) in [6, 6.07) is 4.40. The van der Waals surface area contributed by atoms with Crippen molar-refractivity contribution in [1.29, 1.82) is 0 Å². The lowest BCUT2D eigenvalue weighted by Gasteiger charge is -2.47. The summed E-state index contributed by atoms with van der Waals surface area (Å²) < 4.78 is 5.74. The fourth-order valence-electron chi connectivity index (χ4n) is 3.39. The SMILES string of the molecule is CCCNC(c1ccco1)C(C)(CC)N1CCCCC1. The van der Waals surface area contributed by atoms with Crippen LogP contribution in [0.4, 0.5) is 0 Å². The van der Waals surface area contributed by atoms with Crippen LogP contribution in [0.25, 0.3) is 0 Å². The Kier molecular flexibility index (Phi) is 5.67. The highest BCUT2D eigenvalue weighted by Gasteiger charge is 2.40. The number of hydrogen-bond donors (Lipinski definition) is 1. The van der Waals surface area contributed by atoms with Gasteiger partial charge in [0.15, 0.2) is 0 Å². The van der Waals surface area contributed by atoms with E-state index < -0.39 is 0 Å². The first-order valence-electron chi connectivity index (χ1n) is 8.24. The van der Waals surface area contributed by atoms with Crippen LogP contribution < -0.4 is 5.32 Å². The normalized spacial score (nSPS) is 21.6. The van der Waals surface area contributed by atoms with Gasteiger partial charge in [-0.3, -0.25) is 4.90 Å². The van der Waals surface area contributed by atoms with Crippen LogP contribution in [-0.4, -0.2) is 30.1 Å². The van der Waals surface area contributed by atoms with Crippen molar-refractivity contribution in [2.24, 2.45) is 0 Å². The molecule has 114 valence electrons. The Balaban J connectivity index is 2.22. The lowest BCUT2D eigenvalue weighted by molar-refractivity contribution is 0.0357. The Morgan fingerprint density at radius 2 is 2.05 bits per heavy atom. The molecule has 0 amide bonds. The molecule has 1 aromatic heterocycles. The van der Waals surface area contributed by atoms with E-state index in [1.54, 1.807) is 6.26 Å². The highest BCUT2D eigenvalue weighted by Crippen LogP contribution is 2.36. The third-order valence-corrected chi connectivity index (χ3v) is 4.84. The molecule has 0 spiro atoms. The summed E-state index contributed by atoms with van der Waals surface area (Å²) in [6.07, 6.45) is 8.11. The lowest BCUT2D eigenvalue weighted by Crippen LogP contribution is -2.56. The lowest BCUT2D eigenvalue weighted by atomic mass is 9.84. The minimum Gasteiger partial charge on any atom is -0.468 e. The van der Waals surface area contributed by atoms with Gasteiger partial charge in [0.2, 0.25) is 0 Å². The number of hydrogen-bond acceptors (Lipinski definition) is 3. The average Bonchev–Trinajstić information content (AvgIpc) is 3.02. The van der Waals surface area contributed by atoms with Gasteiger partial charge >= 0.3 is 0 Å². The molecule has 1 fully saturated rings. The Bertz CT molecular complexity index is 370. The van der Waals surface area contributed by atoms with Crippen LogP contribution in [0.15, 0.2) is 22.8 Å². The summed E-state index contributed by atoms with van der Waals surface area (Å²) in [4.78, 5) is 2.67. The Morgan fingerprint density at radius 3 is 2.60 bits per heavy atom. The van der Waals surface area contributed by atoms with Gasteiger partial charge < -0.3 is 9.73 Å². The van der Waals surface area contributed by atoms with Crippen LogP contribution in [-0.2, 0) is 0 Å². The third-order valence-electron chi connectivity index (χ3n) is 4.84. The maximum absolute atomic E-state index is 5.74. The van der Waals surface area contributed by atoms with E-state index in [1.807, 2.05) is 6.07 Å². The average molecular weight is 278 g/mol. The highest BCUT2D eigenvalue weighted by atomic mass is 16.3. The highest BCUT2D eigenvalue weighted by molar-refractivity contribution is 5.13. The van der Waals surface area contributed by atoms with Gasteiger partial charge in [-0.05, 0) is 64.4 Å². The molecule has 3 nitrogen and oxygen atoms in total. The van der Waals surface area contributed by atoms with Gasteiger partial charge in [-0.1, -0.05) is 20.3 Å². The molecule has 0 radical (unpaired) electrons. The zero-order valence-electron chi connectivity index (χ0n) is 13.3. The van der Waals surface area contributed by atoms with Crippen LogP contribution in [0.3, 0.4) is 0 Å². The summed E-state index contributed by atoms with van der Waals surface area (Å²) >= 11 is 0. The van der Waals surface area contributed by atoms with Crippen molar-refractivity contribution < 1.29 is 4.42 Å². The van der Waals surface area contributed by atoms with Crippen LogP contribution in [0.5, 0.6) is 0 Å². The van der Waals surface area contributed by atoms with Gasteiger partial charge in [-0.2, -0.15) is 0 Å². The third kappa shape index (κ3) is 3.26. The monoisotopic (exact) mass is 278 g/mol. The van der Waals surface area contributed by atoms with Gasteiger partial charge in [-0.25, -0.2) is 0 Å². The van der Waals surface area contributed by atoms with E-state index in [0.717, 1.165) is 25.1 Å². The number of nitrogens with zero attached hydrogens (tertiary/aromatic N) is 1. The first kappa shape index (κ1) is 15.6. The summed E-state index contributed by atoms with van der Waals surface area (Å²) in [5.74, 6) is 1.08. The van der Waals surface area contributed by atoms with Crippen molar-refractivity contribution in [2.75, 3.05) is 19.6 Å². The molecule has 1 saturated heterocycles. The summed E-state index contributed by atoms with van der Waals surface area (Å²) in [5.41, 5.74) is 0.132. The molecule has 1 aliphatic rings. The van der Waals surface area contributed by atoms with Gasteiger partial charge in [-0.15, -0.1) is 0 Å². The molecule has 0 aromatic carbocycles. The maximum atomic E-state index is 5.74. The molecular formula is C17H30N2O. The first-order valence-corrected chi connectivity index (χ1v) is 8.24. The van der Waals surface area contributed by atoms with Crippen LogP contribution in [0, 0.1) is 0 Å². The summed E-state index contributed by atoms with van der Waals surface area (Å²) in [5, 5.41) is 3.73. The minimum absolute atomic E-state index is 0.132. The Labute approximate surface area is 123 Å². The first-order chi connectivity index (χ1) is 9.72. The molecule has 0 bridgehead atoms. The van der Waals surface area contributed by atoms with Crippen LogP contribution in [0.2, 0.25) is 0 Å². The van der Waals surface area contributed by atoms with Gasteiger partial charge in [0.25, 0.3) is 0 Å². The molecule has 2 atom stereocenters.